The Morgan fingerprint density at radius 2 is 1.95 bits per heavy atom. The SMILES string of the molecule is CC.CO/C(=C\N(C=O)[C@@H](C)c1cccc2c(-c3ccc(CS(C)(=O)=O)c(F)c3)c(C(=O)O)[nH]c12)CCCN. The minimum atomic E-state index is -3.46. The molecule has 39 heavy (non-hydrogen) atoms. The van der Waals surface area contributed by atoms with Crippen LogP contribution in [0.15, 0.2) is 48.4 Å². The predicted octanol–water partition coefficient (Wildman–Crippen LogP) is 4.99. The van der Waals surface area contributed by atoms with Gasteiger partial charge in [-0.25, -0.2) is 17.6 Å². The summed E-state index contributed by atoms with van der Waals surface area (Å²) in [6, 6.07) is 8.66. The fourth-order valence-corrected chi connectivity index (χ4v) is 5.01. The minimum Gasteiger partial charge on any atom is -0.500 e. The number of benzene rings is 2. The molecule has 0 bridgehead atoms. The Morgan fingerprint density at radius 1 is 1.26 bits per heavy atom. The number of hydrogen-bond donors (Lipinski definition) is 3. The molecule has 0 saturated carbocycles. The highest BCUT2D eigenvalue weighted by Crippen LogP contribution is 2.37. The first-order valence-corrected chi connectivity index (χ1v) is 14.6. The molecule has 0 unspecified atom stereocenters. The summed E-state index contributed by atoms with van der Waals surface area (Å²) >= 11 is 0. The summed E-state index contributed by atoms with van der Waals surface area (Å²) in [5.74, 6) is -1.90. The van der Waals surface area contributed by atoms with E-state index in [9.17, 15) is 27.5 Å². The molecule has 212 valence electrons. The summed E-state index contributed by atoms with van der Waals surface area (Å²) in [6.07, 6.45) is 4.48. The maximum absolute atomic E-state index is 14.8. The third-order valence-electron chi connectivity index (χ3n) is 6.04. The molecule has 1 amide bonds. The number of nitrogens with zero attached hydrogens (tertiary/aromatic N) is 1. The fourth-order valence-electron chi connectivity index (χ4n) is 4.21. The molecule has 0 spiro atoms. The van der Waals surface area contributed by atoms with Crippen molar-refractivity contribution < 1.29 is 32.2 Å². The first-order chi connectivity index (χ1) is 18.5. The maximum Gasteiger partial charge on any atom is 0.352 e. The van der Waals surface area contributed by atoms with Crippen LogP contribution in [-0.2, 0) is 25.1 Å². The number of nitrogens with one attached hydrogen (secondary N) is 1. The van der Waals surface area contributed by atoms with E-state index in [1.54, 1.807) is 31.3 Å². The molecule has 3 aromatic rings. The predicted molar refractivity (Wildman–Crippen MR) is 150 cm³/mol. The smallest absolute Gasteiger partial charge is 0.352 e. The number of carbonyl (C=O) groups excluding carboxylic acids is 1. The van der Waals surface area contributed by atoms with Gasteiger partial charge in [-0.3, -0.25) is 4.79 Å². The lowest BCUT2D eigenvalue weighted by atomic mass is 9.97. The number of methoxy groups -OCH3 is 1. The van der Waals surface area contributed by atoms with Crippen molar-refractivity contribution in [2.75, 3.05) is 19.9 Å². The van der Waals surface area contributed by atoms with Crippen LogP contribution in [0, 0.1) is 5.82 Å². The van der Waals surface area contributed by atoms with Crippen molar-refractivity contribution in [1.29, 1.82) is 0 Å². The van der Waals surface area contributed by atoms with E-state index in [4.69, 9.17) is 10.5 Å². The number of para-hydroxylation sites is 1. The molecular formula is C28H36FN3O6S. The number of hydrogen-bond acceptors (Lipinski definition) is 6. The number of H-pyrrole nitrogens is 1. The number of ether oxygens (including phenoxy) is 1. The third-order valence-corrected chi connectivity index (χ3v) is 6.88. The average molecular weight is 562 g/mol. The molecule has 1 aromatic heterocycles. The molecule has 2 aromatic carbocycles. The van der Waals surface area contributed by atoms with Gasteiger partial charge < -0.3 is 25.5 Å². The topological polar surface area (TPSA) is 143 Å². The van der Waals surface area contributed by atoms with E-state index in [1.807, 2.05) is 13.8 Å². The maximum atomic E-state index is 14.8. The number of rotatable bonds is 12. The van der Waals surface area contributed by atoms with E-state index in [0.717, 1.165) is 12.3 Å². The summed E-state index contributed by atoms with van der Waals surface area (Å²) < 4.78 is 43.4. The summed E-state index contributed by atoms with van der Waals surface area (Å²) in [6.45, 7) is 6.26. The second-order valence-corrected chi connectivity index (χ2v) is 10.9. The number of halogens is 1. The van der Waals surface area contributed by atoms with Gasteiger partial charge in [0.15, 0.2) is 9.84 Å². The highest BCUT2D eigenvalue weighted by Gasteiger charge is 2.24. The van der Waals surface area contributed by atoms with Crippen molar-refractivity contribution in [3.05, 3.63) is 71.0 Å². The molecule has 4 N–H and O–H groups in total. The fraction of sp³-hybridized carbons (Fsp3) is 0.357. The largest absolute Gasteiger partial charge is 0.500 e. The summed E-state index contributed by atoms with van der Waals surface area (Å²) in [5.41, 5.74) is 7.06. The lowest BCUT2D eigenvalue weighted by molar-refractivity contribution is -0.117. The zero-order valence-electron chi connectivity index (χ0n) is 22.8. The van der Waals surface area contributed by atoms with Gasteiger partial charge in [0.25, 0.3) is 0 Å². The first kappa shape index (κ1) is 31.5. The van der Waals surface area contributed by atoms with Crippen LogP contribution in [0.1, 0.15) is 61.3 Å². The molecule has 0 aliphatic carbocycles. The van der Waals surface area contributed by atoms with Gasteiger partial charge in [-0.1, -0.05) is 44.2 Å². The van der Waals surface area contributed by atoms with Gasteiger partial charge in [0, 0.05) is 35.4 Å². The number of allylic oxidation sites excluding steroid dienone is 1. The molecule has 0 aliphatic heterocycles. The molecular weight excluding hydrogens is 525 g/mol. The van der Waals surface area contributed by atoms with Gasteiger partial charge in [0.05, 0.1) is 24.4 Å². The normalized spacial score (nSPS) is 12.4. The molecule has 11 heteroatoms. The van der Waals surface area contributed by atoms with Gasteiger partial charge in [0.2, 0.25) is 6.41 Å². The van der Waals surface area contributed by atoms with Crippen LogP contribution < -0.4 is 5.73 Å². The third kappa shape index (κ3) is 7.67. The highest BCUT2D eigenvalue weighted by molar-refractivity contribution is 7.89. The van der Waals surface area contributed by atoms with Crippen LogP contribution >= 0.6 is 0 Å². The number of aromatic carboxylic acids is 1. The van der Waals surface area contributed by atoms with Gasteiger partial charge in [-0.2, -0.15) is 0 Å². The lowest BCUT2D eigenvalue weighted by Gasteiger charge is -2.23. The highest BCUT2D eigenvalue weighted by atomic mass is 32.2. The van der Waals surface area contributed by atoms with Crippen molar-refractivity contribution in [2.24, 2.45) is 5.73 Å². The van der Waals surface area contributed by atoms with Crippen molar-refractivity contribution in [1.82, 2.24) is 9.88 Å². The van der Waals surface area contributed by atoms with E-state index in [-0.39, 0.29) is 22.4 Å². The van der Waals surface area contributed by atoms with E-state index in [1.165, 1.54) is 24.1 Å². The van der Waals surface area contributed by atoms with Crippen LogP contribution in [0.4, 0.5) is 4.39 Å². The number of amides is 1. The Labute approximate surface area is 228 Å². The first-order valence-electron chi connectivity index (χ1n) is 12.5. The van der Waals surface area contributed by atoms with Crippen LogP contribution in [0.3, 0.4) is 0 Å². The molecule has 0 radical (unpaired) electrons. The Bertz CT molecular complexity index is 1450. The van der Waals surface area contributed by atoms with Crippen LogP contribution in [0.5, 0.6) is 0 Å². The average Bonchev–Trinajstić information content (AvgIpc) is 3.30. The van der Waals surface area contributed by atoms with E-state index < -0.39 is 33.4 Å². The van der Waals surface area contributed by atoms with Crippen LogP contribution in [0.25, 0.3) is 22.0 Å². The Hall–Kier alpha value is -3.70. The van der Waals surface area contributed by atoms with Crippen LogP contribution in [0.2, 0.25) is 0 Å². The lowest BCUT2D eigenvalue weighted by Crippen LogP contribution is -2.21. The van der Waals surface area contributed by atoms with Gasteiger partial charge in [-0.05, 0) is 37.1 Å². The second kappa shape index (κ2) is 13.9. The number of aromatic amines is 1. The van der Waals surface area contributed by atoms with E-state index in [2.05, 4.69) is 4.98 Å². The van der Waals surface area contributed by atoms with Gasteiger partial charge in [0.1, 0.15) is 17.3 Å². The van der Waals surface area contributed by atoms with E-state index >= 15 is 0 Å². The van der Waals surface area contributed by atoms with Gasteiger partial charge in [-0.15, -0.1) is 0 Å². The van der Waals surface area contributed by atoms with Crippen molar-refractivity contribution in [2.45, 2.75) is 45.4 Å². The summed E-state index contributed by atoms with van der Waals surface area (Å²) in [5, 5.41) is 10.4. The van der Waals surface area contributed by atoms with Gasteiger partial charge >= 0.3 is 5.97 Å². The molecule has 0 fully saturated rings. The Kier molecular flexibility index (Phi) is 11.2. The number of aromatic nitrogens is 1. The molecule has 3 rings (SSSR count). The summed E-state index contributed by atoms with van der Waals surface area (Å²) in [4.78, 5) is 28.5. The molecule has 1 heterocycles. The minimum absolute atomic E-state index is 0.00530. The van der Waals surface area contributed by atoms with Crippen molar-refractivity contribution in [3.63, 3.8) is 0 Å². The number of sulfone groups is 1. The zero-order valence-corrected chi connectivity index (χ0v) is 23.6. The molecule has 9 nitrogen and oxygen atoms in total. The zero-order chi connectivity index (χ0) is 29.3. The quantitative estimate of drug-likeness (QED) is 0.209. The van der Waals surface area contributed by atoms with Crippen molar-refractivity contribution >= 4 is 33.1 Å². The van der Waals surface area contributed by atoms with Crippen molar-refractivity contribution in [3.8, 4) is 11.1 Å². The number of carboxylic acid groups (broad SMARTS) is 1. The van der Waals surface area contributed by atoms with E-state index in [0.29, 0.717) is 48.0 Å². The Balaban J connectivity index is 0.00000260. The standard InChI is InChI=1S/C26H30FN3O6S.C2H6/c1-16(30(15-31)13-19(36-2)6-5-11-28)20-7-4-8-21-23(25(26(32)33)29-24(20)21)17-9-10-18(22(27)12-17)14-37(3,34)35;1-2/h4,7-10,12-13,15-16,29H,5-6,11,14,28H2,1-3H3,(H,32,33);1-2H3/b19-13-;/t16-;/m0./s1. The van der Waals surface area contributed by atoms with Crippen LogP contribution in [-0.4, -0.2) is 55.7 Å². The Morgan fingerprint density at radius 3 is 2.49 bits per heavy atom. The molecule has 0 saturated heterocycles. The molecule has 1 atom stereocenters. The summed E-state index contributed by atoms with van der Waals surface area (Å²) in [7, 11) is -1.95. The number of carboxylic acids is 1. The monoisotopic (exact) mass is 561 g/mol. The number of nitrogens with two attached hydrogens (primary N) is 1. The molecule has 0 aliphatic rings. The number of fused-ring (bicyclic) bond motifs is 1. The number of carbonyl (C=O) groups is 2. The second-order valence-electron chi connectivity index (χ2n) is 8.75.